The van der Waals surface area contributed by atoms with Crippen LogP contribution in [-0.4, -0.2) is 18.6 Å². The van der Waals surface area contributed by atoms with E-state index in [0.29, 0.717) is 10.7 Å². The Morgan fingerprint density at radius 1 is 1.04 bits per heavy atom. The average Bonchev–Trinajstić information content (AvgIpc) is 3.09. The van der Waals surface area contributed by atoms with Crippen molar-refractivity contribution in [3.8, 4) is 0 Å². The van der Waals surface area contributed by atoms with Gasteiger partial charge in [-0.15, -0.1) is 10.2 Å². The Morgan fingerprint density at radius 2 is 1.77 bits per heavy atom. The summed E-state index contributed by atoms with van der Waals surface area (Å²) in [6.07, 6.45) is 0. The Kier molecular flexibility index (Phi) is 5.38. The lowest BCUT2D eigenvalue weighted by atomic mass is 10.2. The SMILES string of the molecule is Cc1cccc(S(=O)(=O)N(Cc2nnc(C(C)C)s2)c2ccccc2)c1. The largest absolute Gasteiger partial charge is 0.264 e. The Balaban J connectivity index is 2.03. The first-order valence-electron chi connectivity index (χ1n) is 8.34. The van der Waals surface area contributed by atoms with Crippen molar-refractivity contribution in [3.63, 3.8) is 0 Å². The zero-order valence-electron chi connectivity index (χ0n) is 15.0. The Bertz CT molecular complexity index is 983. The van der Waals surface area contributed by atoms with Crippen molar-refractivity contribution >= 4 is 27.0 Å². The molecule has 0 radical (unpaired) electrons. The van der Waals surface area contributed by atoms with Crippen LogP contribution in [0.4, 0.5) is 5.69 Å². The summed E-state index contributed by atoms with van der Waals surface area (Å²) in [5, 5.41) is 9.95. The van der Waals surface area contributed by atoms with Crippen molar-refractivity contribution in [2.75, 3.05) is 4.31 Å². The molecule has 0 aliphatic heterocycles. The molecule has 1 aromatic heterocycles. The molecular weight excluding hydrogens is 366 g/mol. The molecule has 0 saturated carbocycles. The van der Waals surface area contributed by atoms with Gasteiger partial charge in [0.1, 0.15) is 10.0 Å². The van der Waals surface area contributed by atoms with Crippen LogP contribution >= 0.6 is 11.3 Å². The summed E-state index contributed by atoms with van der Waals surface area (Å²) >= 11 is 1.45. The van der Waals surface area contributed by atoms with Crippen LogP contribution in [0.5, 0.6) is 0 Å². The molecule has 0 atom stereocenters. The number of nitrogens with zero attached hydrogens (tertiary/aromatic N) is 3. The van der Waals surface area contributed by atoms with E-state index in [4.69, 9.17) is 0 Å². The number of hydrogen-bond acceptors (Lipinski definition) is 5. The van der Waals surface area contributed by atoms with Gasteiger partial charge in [-0.2, -0.15) is 0 Å². The highest BCUT2D eigenvalue weighted by Crippen LogP contribution is 2.28. The molecule has 7 heteroatoms. The predicted octanol–water partition coefficient (Wildman–Crippen LogP) is 4.37. The van der Waals surface area contributed by atoms with Crippen LogP contribution in [-0.2, 0) is 16.6 Å². The first kappa shape index (κ1) is 18.5. The van der Waals surface area contributed by atoms with E-state index in [2.05, 4.69) is 10.2 Å². The summed E-state index contributed by atoms with van der Waals surface area (Å²) < 4.78 is 28.0. The van der Waals surface area contributed by atoms with Crippen LogP contribution in [0.3, 0.4) is 0 Å². The van der Waals surface area contributed by atoms with Crippen LogP contribution in [0.1, 0.15) is 35.3 Å². The number of para-hydroxylation sites is 1. The van der Waals surface area contributed by atoms with Crippen molar-refractivity contribution in [1.29, 1.82) is 0 Å². The summed E-state index contributed by atoms with van der Waals surface area (Å²) in [4.78, 5) is 0.273. The van der Waals surface area contributed by atoms with Gasteiger partial charge >= 0.3 is 0 Å². The fraction of sp³-hybridized carbons (Fsp3) is 0.263. The molecule has 0 N–H and O–H groups in total. The third kappa shape index (κ3) is 3.94. The van der Waals surface area contributed by atoms with E-state index in [1.54, 1.807) is 30.3 Å². The van der Waals surface area contributed by atoms with E-state index in [9.17, 15) is 8.42 Å². The van der Waals surface area contributed by atoms with Crippen LogP contribution in [0.15, 0.2) is 59.5 Å². The molecule has 3 rings (SSSR count). The minimum Gasteiger partial charge on any atom is -0.259 e. The summed E-state index contributed by atoms with van der Waals surface area (Å²) in [6.45, 7) is 6.13. The van der Waals surface area contributed by atoms with Crippen molar-refractivity contribution in [2.45, 2.75) is 38.1 Å². The molecule has 0 fully saturated rings. The minimum absolute atomic E-state index is 0.157. The zero-order valence-corrected chi connectivity index (χ0v) is 16.6. The highest BCUT2D eigenvalue weighted by molar-refractivity contribution is 7.92. The summed E-state index contributed by atoms with van der Waals surface area (Å²) in [6, 6.07) is 16.0. The highest BCUT2D eigenvalue weighted by Gasteiger charge is 2.26. The Morgan fingerprint density at radius 3 is 2.38 bits per heavy atom. The Labute approximate surface area is 158 Å². The summed E-state index contributed by atoms with van der Waals surface area (Å²) in [7, 11) is -3.71. The molecule has 1 heterocycles. The second-order valence-corrected chi connectivity index (χ2v) is 9.31. The van der Waals surface area contributed by atoms with Crippen molar-refractivity contribution in [3.05, 3.63) is 70.2 Å². The molecule has 26 heavy (non-hydrogen) atoms. The van der Waals surface area contributed by atoms with Crippen LogP contribution < -0.4 is 4.31 Å². The lowest BCUT2D eigenvalue weighted by Crippen LogP contribution is -2.30. The third-order valence-electron chi connectivity index (χ3n) is 3.88. The van der Waals surface area contributed by atoms with E-state index < -0.39 is 10.0 Å². The molecular formula is C19H21N3O2S2. The van der Waals surface area contributed by atoms with Gasteiger partial charge in [0.25, 0.3) is 10.0 Å². The average molecular weight is 388 g/mol. The van der Waals surface area contributed by atoms with Gasteiger partial charge in [-0.3, -0.25) is 4.31 Å². The van der Waals surface area contributed by atoms with Gasteiger partial charge in [-0.05, 0) is 36.8 Å². The van der Waals surface area contributed by atoms with Crippen LogP contribution in [0.25, 0.3) is 0 Å². The molecule has 2 aromatic carbocycles. The van der Waals surface area contributed by atoms with E-state index in [1.807, 2.05) is 45.0 Å². The maximum Gasteiger partial charge on any atom is 0.264 e. The number of rotatable bonds is 6. The maximum absolute atomic E-state index is 13.3. The van der Waals surface area contributed by atoms with Gasteiger partial charge in [0.2, 0.25) is 0 Å². The van der Waals surface area contributed by atoms with Gasteiger partial charge < -0.3 is 0 Å². The van der Waals surface area contributed by atoms with Gasteiger partial charge in [-0.1, -0.05) is 55.5 Å². The van der Waals surface area contributed by atoms with Crippen molar-refractivity contribution in [2.24, 2.45) is 0 Å². The van der Waals surface area contributed by atoms with Crippen LogP contribution in [0, 0.1) is 6.92 Å². The second-order valence-electron chi connectivity index (χ2n) is 6.35. The van der Waals surface area contributed by atoms with Crippen molar-refractivity contribution in [1.82, 2.24) is 10.2 Å². The molecule has 0 unspecified atom stereocenters. The third-order valence-corrected chi connectivity index (χ3v) is 6.86. The van der Waals surface area contributed by atoms with E-state index in [-0.39, 0.29) is 17.4 Å². The van der Waals surface area contributed by atoms with Gasteiger partial charge in [0, 0.05) is 5.92 Å². The number of aryl methyl sites for hydroxylation is 1. The molecule has 0 saturated heterocycles. The topological polar surface area (TPSA) is 63.2 Å². The number of aromatic nitrogens is 2. The molecule has 0 bridgehead atoms. The zero-order chi connectivity index (χ0) is 18.7. The number of hydrogen-bond donors (Lipinski definition) is 0. The van der Waals surface area contributed by atoms with E-state index >= 15 is 0 Å². The Hall–Kier alpha value is -2.25. The van der Waals surface area contributed by atoms with Gasteiger partial charge in [0.15, 0.2) is 0 Å². The molecule has 3 aromatic rings. The molecule has 136 valence electrons. The van der Waals surface area contributed by atoms with Gasteiger partial charge in [-0.25, -0.2) is 8.42 Å². The molecule has 0 spiro atoms. The maximum atomic E-state index is 13.3. The fourth-order valence-corrected chi connectivity index (χ4v) is 4.95. The first-order valence-corrected chi connectivity index (χ1v) is 10.6. The number of benzene rings is 2. The predicted molar refractivity (Wildman–Crippen MR) is 105 cm³/mol. The lowest BCUT2D eigenvalue weighted by Gasteiger charge is -2.23. The molecule has 5 nitrogen and oxygen atoms in total. The quantitative estimate of drug-likeness (QED) is 0.630. The van der Waals surface area contributed by atoms with E-state index in [1.165, 1.54) is 15.6 Å². The monoisotopic (exact) mass is 387 g/mol. The summed E-state index contributed by atoms with van der Waals surface area (Å²) in [5.41, 5.74) is 1.51. The van der Waals surface area contributed by atoms with Crippen LogP contribution in [0.2, 0.25) is 0 Å². The molecule has 0 aliphatic rings. The van der Waals surface area contributed by atoms with Gasteiger partial charge in [0.05, 0.1) is 17.1 Å². The normalized spacial score (nSPS) is 11.7. The number of sulfonamides is 1. The lowest BCUT2D eigenvalue weighted by molar-refractivity contribution is 0.590. The smallest absolute Gasteiger partial charge is 0.259 e. The summed E-state index contributed by atoms with van der Waals surface area (Å²) in [5.74, 6) is 0.264. The second kappa shape index (κ2) is 7.55. The van der Waals surface area contributed by atoms with E-state index in [0.717, 1.165) is 10.6 Å². The highest BCUT2D eigenvalue weighted by atomic mass is 32.2. The first-order chi connectivity index (χ1) is 12.4. The number of anilines is 1. The standard InChI is InChI=1S/C19H21N3O2S2/c1-14(2)19-21-20-18(25-19)13-22(16-9-5-4-6-10-16)26(23,24)17-11-7-8-15(3)12-17/h4-12,14H,13H2,1-3H3. The molecule has 0 amide bonds. The minimum atomic E-state index is -3.71. The fourth-order valence-electron chi connectivity index (χ4n) is 2.50. The van der Waals surface area contributed by atoms with Crippen molar-refractivity contribution < 1.29 is 8.42 Å². The molecule has 0 aliphatic carbocycles.